The highest BCUT2D eigenvalue weighted by Gasteiger charge is 2.07. The zero-order chi connectivity index (χ0) is 17.5. The molecule has 24 heavy (non-hydrogen) atoms. The van der Waals surface area contributed by atoms with Crippen LogP contribution in [0.15, 0.2) is 59.5 Å². The zero-order valence-corrected chi connectivity index (χ0v) is 14.3. The third kappa shape index (κ3) is 4.96. The number of nitro groups is 1. The number of carbonyl (C=O) groups is 1. The molecule has 0 N–H and O–H groups in total. The van der Waals surface area contributed by atoms with Crippen LogP contribution < -0.4 is 0 Å². The minimum absolute atomic E-state index is 0.00633. The Labute approximate surface area is 145 Å². The predicted octanol–water partition coefficient (Wildman–Crippen LogP) is 3.99. The van der Waals surface area contributed by atoms with Crippen LogP contribution in [0.5, 0.6) is 0 Å². The van der Waals surface area contributed by atoms with Crippen molar-refractivity contribution in [3.8, 4) is 0 Å². The van der Waals surface area contributed by atoms with E-state index in [0.717, 1.165) is 5.56 Å². The minimum atomic E-state index is -0.455. The first-order valence-corrected chi connectivity index (χ1v) is 8.52. The molecule has 0 aliphatic heterocycles. The quantitative estimate of drug-likeness (QED) is 0.345. The number of hydrogen-bond acceptors (Lipinski definition) is 4. The Bertz CT molecular complexity index is 757. The molecule has 0 unspecified atom stereocenters. The number of hydrogen-bond donors (Lipinski definition) is 0. The van der Waals surface area contributed by atoms with Crippen molar-refractivity contribution in [1.82, 2.24) is 4.90 Å². The first-order valence-electron chi connectivity index (χ1n) is 7.30. The largest absolute Gasteiger partial charge is 0.338 e. The molecule has 5 nitrogen and oxygen atoms in total. The molecule has 0 spiro atoms. The summed E-state index contributed by atoms with van der Waals surface area (Å²) in [4.78, 5) is 25.2. The van der Waals surface area contributed by atoms with Crippen LogP contribution in [0.4, 0.5) is 5.69 Å². The van der Waals surface area contributed by atoms with Gasteiger partial charge in [-0.15, -0.1) is 11.8 Å². The highest BCUT2D eigenvalue weighted by molar-refractivity contribution is 7.98. The number of likely N-dealkylation sites (N-methyl/N-ethyl adjacent to an activating group) is 1. The van der Waals surface area contributed by atoms with Gasteiger partial charge in [-0.25, -0.2) is 0 Å². The van der Waals surface area contributed by atoms with Gasteiger partial charge in [-0.1, -0.05) is 24.3 Å². The van der Waals surface area contributed by atoms with E-state index in [4.69, 9.17) is 0 Å². The van der Waals surface area contributed by atoms with Gasteiger partial charge in [0.15, 0.2) is 0 Å². The van der Waals surface area contributed by atoms with Gasteiger partial charge in [-0.2, -0.15) is 0 Å². The lowest BCUT2D eigenvalue weighted by Gasteiger charge is -2.15. The Hall–Kier alpha value is -2.60. The highest BCUT2D eigenvalue weighted by Crippen LogP contribution is 2.16. The second kappa shape index (κ2) is 8.31. The molecule has 6 heteroatoms. The van der Waals surface area contributed by atoms with Gasteiger partial charge < -0.3 is 4.90 Å². The monoisotopic (exact) mass is 342 g/mol. The van der Waals surface area contributed by atoms with Crippen molar-refractivity contribution < 1.29 is 9.72 Å². The average molecular weight is 342 g/mol. The number of carbonyl (C=O) groups excluding carboxylic acids is 1. The Morgan fingerprint density at radius 2 is 1.96 bits per heavy atom. The summed E-state index contributed by atoms with van der Waals surface area (Å²) in [5, 5.41) is 10.8. The summed E-state index contributed by atoms with van der Waals surface area (Å²) in [5.41, 5.74) is 1.68. The van der Waals surface area contributed by atoms with Crippen LogP contribution in [0.1, 0.15) is 11.1 Å². The van der Waals surface area contributed by atoms with Crippen molar-refractivity contribution in [2.24, 2.45) is 0 Å². The number of non-ortho nitro benzene ring substituents is 1. The van der Waals surface area contributed by atoms with Crippen LogP contribution in [0.25, 0.3) is 6.08 Å². The van der Waals surface area contributed by atoms with Crippen LogP contribution >= 0.6 is 11.8 Å². The lowest BCUT2D eigenvalue weighted by molar-refractivity contribution is -0.384. The second-order valence-corrected chi connectivity index (χ2v) is 6.11. The van der Waals surface area contributed by atoms with Crippen LogP contribution in [-0.2, 0) is 11.3 Å². The van der Waals surface area contributed by atoms with Gasteiger partial charge in [-0.3, -0.25) is 14.9 Å². The molecule has 0 saturated carbocycles. The first kappa shape index (κ1) is 17.7. The Balaban J connectivity index is 1.99. The lowest BCUT2D eigenvalue weighted by Crippen LogP contribution is -2.24. The fourth-order valence-corrected chi connectivity index (χ4v) is 2.53. The van der Waals surface area contributed by atoms with Crippen molar-refractivity contribution in [2.75, 3.05) is 13.3 Å². The number of rotatable bonds is 6. The average Bonchev–Trinajstić information content (AvgIpc) is 2.60. The number of amides is 1. The topological polar surface area (TPSA) is 63.5 Å². The molecule has 0 aliphatic carbocycles. The van der Waals surface area contributed by atoms with E-state index >= 15 is 0 Å². The summed E-state index contributed by atoms with van der Waals surface area (Å²) in [6.07, 6.45) is 5.03. The number of thioether (sulfide) groups is 1. The molecule has 0 atom stereocenters. The van der Waals surface area contributed by atoms with Crippen molar-refractivity contribution in [2.45, 2.75) is 11.4 Å². The third-order valence-corrected chi connectivity index (χ3v) is 4.20. The van der Waals surface area contributed by atoms with Gasteiger partial charge in [0.1, 0.15) is 0 Å². The van der Waals surface area contributed by atoms with E-state index in [1.165, 1.54) is 23.1 Å². The van der Waals surface area contributed by atoms with Crippen LogP contribution in [-0.4, -0.2) is 29.0 Å². The molecular weight excluding hydrogens is 324 g/mol. The van der Waals surface area contributed by atoms with Gasteiger partial charge in [0, 0.05) is 36.7 Å². The molecule has 0 heterocycles. The van der Waals surface area contributed by atoms with E-state index in [9.17, 15) is 14.9 Å². The molecule has 0 fully saturated rings. The minimum Gasteiger partial charge on any atom is -0.338 e. The molecule has 1 amide bonds. The summed E-state index contributed by atoms with van der Waals surface area (Å²) >= 11 is 1.67. The van der Waals surface area contributed by atoms with Gasteiger partial charge >= 0.3 is 0 Å². The third-order valence-electron chi connectivity index (χ3n) is 3.45. The maximum Gasteiger partial charge on any atom is 0.270 e. The van der Waals surface area contributed by atoms with Crippen molar-refractivity contribution >= 4 is 29.4 Å². The molecule has 2 rings (SSSR count). The van der Waals surface area contributed by atoms with Gasteiger partial charge in [0.2, 0.25) is 5.91 Å². The standard InChI is InChI=1S/C18H18N2O3S/c1-19(13-15-6-9-17(24-2)10-7-15)18(21)11-8-14-4-3-5-16(12-14)20(22)23/h3-12H,13H2,1-2H3. The number of nitro benzene ring substituents is 1. The van der Waals surface area contributed by atoms with E-state index in [2.05, 4.69) is 0 Å². The van der Waals surface area contributed by atoms with Gasteiger partial charge in [0.25, 0.3) is 5.69 Å². The van der Waals surface area contributed by atoms with Crippen molar-refractivity contribution in [1.29, 1.82) is 0 Å². The van der Waals surface area contributed by atoms with Crippen molar-refractivity contribution in [3.63, 3.8) is 0 Å². The maximum atomic E-state index is 12.2. The molecule has 2 aromatic carbocycles. The van der Waals surface area contributed by atoms with E-state index in [0.29, 0.717) is 12.1 Å². The fraction of sp³-hybridized carbons (Fsp3) is 0.167. The fourth-order valence-electron chi connectivity index (χ4n) is 2.12. The van der Waals surface area contributed by atoms with Gasteiger partial charge in [-0.05, 0) is 35.6 Å². The summed E-state index contributed by atoms with van der Waals surface area (Å²) in [7, 11) is 1.72. The smallest absolute Gasteiger partial charge is 0.270 e. The second-order valence-electron chi connectivity index (χ2n) is 5.23. The molecule has 0 aliphatic rings. The van der Waals surface area contributed by atoms with Crippen LogP contribution in [0, 0.1) is 10.1 Å². The lowest BCUT2D eigenvalue weighted by atomic mass is 10.2. The van der Waals surface area contributed by atoms with E-state index in [1.807, 2.05) is 30.5 Å². The molecule has 2 aromatic rings. The molecule has 0 aromatic heterocycles. The predicted molar refractivity (Wildman–Crippen MR) is 96.8 cm³/mol. The number of benzene rings is 2. The summed E-state index contributed by atoms with van der Waals surface area (Å²) < 4.78 is 0. The summed E-state index contributed by atoms with van der Waals surface area (Å²) in [5.74, 6) is -0.157. The highest BCUT2D eigenvalue weighted by atomic mass is 32.2. The molecule has 0 radical (unpaired) electrons. The summed E-state index contributed by atoms with van der Waals surface area (Å²) in [6.45, 7) is 0.507. The van der Waals surface area contributed by atoms with Crippen LogP contribution in [0.2, 0.25) is 0 Å². The summed E-state index contributed by atoms with van der Waals surface area (Å²) in [6, 6.07) is 14.2. The Kier molecular flexibility index (Phi) is 6.14. The van der Waals surface area contributed by atoms with Gasteiger partial charge in [0.05, 0.1) is 4.92 Å². The van der Waals surface area contributed by atoms with E-state index in [-0.39, 0.29) is 11.6 Å². The number of nitrogens with zero attached hydrogens (tertiary/aromatic N) is 2. The van der Waals surface area contributed by atoms with Crippen molar-refractivity contribution in [3.05, 3.63) is 75.8 Å². The Morgan fingerprint density at radius 1 is 1.25 bits per heavy atom. The Morgan fingerprint density at radius 3 is 2.58 bits per heavy atom. The maximum absolute atomic E-state index is 12.2. The van der Waals surface area contributed by atoms with E-state index in [1.54, 1.807) is 41.9 Å². The SMILES string of the molecule is CSc1ccc(CN(C)C(=O)C=Cc2cccc([N+](=O)[O-])c2)cc1. The zero-order valence-electron chi connectivity index (χ0n) is 13.5. The van der Waals surface area contributed by atoms with E-state index < -0.39 is 4.92 Å². The molecule has 0 saturated heterocycles. The first-order chi connectivity index (χ1) is 11.5. The molecular formula is C18H18N2O3S. The normalized spacial score (nSPS) is 10.8. The van der Waals surface area contributed by atoms with Crippen LogP contribution in [0.3, 0.4) is 0 Å². The molecule has 124 valence electrons. The molecule has 0 bridgehead atoms.